The van der Waals surface area contributed by atoms with E-state index in [-0.39, 0.29) is 24.3 Å². The summed E-state index contributed by atoms with van der Waals surface area (Å²) in [6, 6.07) is 5.62. The van der Waals surface area contributed by atoms with Crippen molar-refractivity contribution in [2.45, 2.75) is 31.2 Å². The third-order valence-corrected chi connectivity index (χ3v) is 5.30. The second kappa shape index (κ2) is 8.48. The lowest BCUT2D eigenvalue weighted by molar-refractivity contribution is -0.173. The zero-order valence-electron chi connectivity index (χ0n) is 17.3. The van der Waals surface area contributed by atoms with Crippen molar-refractivity contribution in [3.8, 4) is 11.5 Å². The Bertz CT molecular complexity index is 1100. The normalized spacial score (nSPS) is 17.9. The number of ether oxygens (including phenoxy) is 2. The molecule has 0 saturated heterocycles. The average Bonchev–Trinajstić information content (AvgIpc) is 3.45. The van der Waals surface area contributed by atoms with Gasteiger partial charge in [-0.2, -0.15) is 18.3 Å². The van der Waals surface area contributed by atoms with E-state index in [0.29, 0.717) is 22.8 Å². The van der Waals surface area contributed by atoms with E-state index < -0.39 is 24.2 Å². The number of aromatic nitrogens is 2. The molecule has 1 aromatic carbocycles. The first kappa shape index (κ1) is 21.6. The van der Waals surface area contributed by atoms with Gasteiger partial charge in [0, 0.05) is 6.42 Å². The molecule has 0 fully saturated rings. The van der Waals surface area contributed by atoms with E-state index in [0.717, 1.165) is 10.9 Å². The number of nitrogens with zero attached hydrogens (tertiary/aromatic N) is 2. The summed E-state index contributed by atoms with van der Waals surface area (Å²) in [5, 5.41) is 9.55. The molecule has 1 amide bonds. The van der Waals surface area contributed by atoms with Crippen molar-refractivity contribution in [2.24, 2.45) is 0 Å². The van der Waals surface area contributed by atoms with Gasteiger partial charge in [-0.1, -0.05) is 6.07 Å². The highest BCUT2D eigenvalue weighted by molar-refractivity contribution is 5.98. The lowest BCUT2D eigenvalue weighted by Crippen LogP contribution is -2.36. The van der Waals surface area contributed by atoms with Gasteiger partial charge in [-0.15, -0.1) is 0 Å². The predicted octanol–water partition coefficient (Wildman–Crippen LogP) is 4.08. The standard InChI is InChI=1S/C21H21F3N4O4/c1-30-16-6-5-12(8-17(16)31-2)15-9-18(21(22,23)24)28-19(27-15)14(11-26-28)20(29)25-10-13-4-3-7-32-13/h3-8,11,15,18,27H,9-10H2,1-2H3,(H,25,29)/t15-,18-/m0/s1. The van der Waals surface area contributed by atoms with Crippen molar-refractivity contribution >= 4 is 11.7 Å². The monoisotopic (exact) mass is 450 g/mol. The molecule has 8 nitrogen and oxygen atoms in total. The zero-order valence-corrected chi connectivity index (χ0v) is 17.3. The number of benzene rings is 1. The number of methoxy groups -OCH3 is 2. The van der Waals surface area contributed by atoms with E-state index in [2.05, 4.69) is 15.7 Å². The molecule has 2 aromatic heterocycles. The van der Waals surface area contributed by atoms with E-state index in [1.165, 1.54) is 20.5 Å². The molecule has 2 atom stereocenters. The summed E-state index contributed by atoms with van der Waals surface area (Å²) in [6.07, 6.45) is -2.26. The van der Waals surface area contributed by atoms with Gasteiger partial charge in [-0.3, -0.25) is 4.79 Å². The third-order valence-electron chi connectivity index (χ3n) is 5.30. The number of furan rings is 1. The van der Waals surface area contributed by atoms with Crippen molar-refractivity contribution in [3.05, 3.63) is 59.7 Å². The van der Waals surface area contributed by atoms with Gasteiger partial charge in [0.25, 0.3) is 5.91 Å². The lowest BCUT2D eigenvalue weighted by atomic mass is 9.96. The molecular formula is C21H21F3N4O4. The number of carbonyl (C=O) groups excluding carboxylic acids is 1. The molecule has 2 N–H and O–H groups in total. The largest absolute Gasteiger partial charge is 0.493 e. The van der Waals surface area contributed by atoms with Gasteiger partial charge in [0.15, 0.2) is 17.5 Å². The van der Waals surface area contributed by atoms with Crippen LogP contribution in [0.2, 0.25) is 0 Å². The number of fused-ring (bicyclic) bond motifs is 1. The van der Waals surface area contributed by atoms with E-state index in [1.807, 2.05) is 0 Å². The Labute approximate surface area is 181 Å². The fraction of sp³-hybridized carbons (Fsp3) is 0.333. The van der Waals surface area contributed by atoms with Crippen LogP contribution in [0.4, 0.5) is 19.0 Å². The summed E-state index contributed by atoms with van der Waals surface area (Å²) in [5.74, 6) is 0.802. The number of hydrogen-bond donors (Lipinski definition) is 2. The molecule has 170 valence electrons. The van der Waals surface area contributed by atoms with Gasteiger partial charge in [-0.25, -0.2) is 4.68 Å². The van der Waals surface area contributed by atoms with Gasteiger partial charge in [0.2, 0.25) is 0 Å². The van der Waals surface area contributed by atoms with Crippen LogP contribution in [0.15, 0.2) is 47.2 Å². The molecule has 0 bridgehead atoms. The summed E-state index contributed by atoms with van der Waals surface area (Å²) < 4.78 is 58.1. The van der Waals surface area contributed by atoms with Crippen LogP contribution in [0.3, 0.4) is 0 Å². The van der Waals surface area contributed by atoms with Crippen LogP contribution in [-0.4, -0.2) is 36.1 Å². The van der Waals surface area contributed by atoms with E-state index in [1.54, 1.807) is 30.3 Å². The van der Waals surface area contributed by atoms with E-state index in [9.17, 15) is 18.0 Å². The fourth-order valence-corrected chi connectivity index (χ4v) is 3.69. The minimum absolute atomic E-state index is 0.00435. The molecule has 0 saturated carbocycles. The van der Waals surface area contributed by atoms with Crippen LogP contribution in [0.1, 0.15) is 40.2 Å². The minimum Gasteiger partial charge on any atom is -0.493 e. The average molecular weight is 450 g/mol. The summed E-state index contributed by atoms with van der Waals surface area (Å²) in [6.45, 7) is 0.0955. The molecule has 32 heavy (non-hydrogen) atoms. The number of alkyl halides is 3. The Morgan fingerprint density at radius 3 is 2.72 bits per heavy atom. The SMILES string of the molecule is COc1ccc([C@@H]2C[C@@H](C(F)(F)F)n3ncc(C(=O)NCc4ccco4)c3N2)cc1OC. The van der Waals surface area contributed by atoms with Crippen LogP contribution in [-0.2, 0) is 6.54 Å². The second-order valence-electron chi connectivity index (χ2n) is 7.22. The number of rotatable bonds is 6. The first-order valence-electron chi connectivity index (χ1n) is 9.75. The maximum absolute atomic E-state index is 13.9. The van der Waals surface area contributed by atoms with Gasteiger partial charge in [0.1, 0.15) is 17.1 Å². The van der Waals surface area contributed by atoms with Crippen LogP contribution >= 0.6 is 0 Å². The highest BCUT2D eigenvalue weighted by Crippen LogP contribution is 2.45. The Morgan fingerprint density at radius 1 is 1.28 bits per heavy atom. The number of amides is 1. The van der Waals surface area contributed by atoms with Gasteiger partial charge < -0.3 is 24.5 Å². The maximum atomic E-state index is 13.9. The highest BCUT2D eigenvalue weighted by atomic mass is 19.4. The third kappa shape index (κ3) is 4.10. The second-order valence-corrected chi connectivity index (χ2v) is 7.22. The number of carbonyl (C=O) groups is 1. The maximum Gasteiger partial charge on any atom is 0.410 e. The molecule has 0 unspecified atom stereocenters. The fourth-order valence-electron chi connectivity index (χ4n) is 3.69. The van der Waals surface area contributed by atoms with Crippen molar-refractivity contribution in [1.82, 2.24) is 15.1 Å². The van der Waals surface area contributed by atoms with E-state index >= 15 is 0 Å². The quantitative estimate of drug-likeness (QED) is 0.588. The number of anilines is 1. The van der Waals surface area contributed by atoms with Crippen molar-refractivity contribution in [2.75, 3.05) is 19.5 Å². The Balaban J connectivity index is 1.66. The molecule has 3 aromatic rings. The lowest BCUT2D eigenvalue weighted by Gasteiger charge is -2.34. The topological polar surface area (TPSA) is 90.6 Å². The molecule has 1 aliphatic rings. The van der Waals surface area contributed by atoms with Gasteiger partial charge >= 0.3 is 6.18 Å². The highest BCUT2D eigenvalue weighted by Gasteiger charge is 2.47. The number of hydrogen-bond acceptors (Lipinski definition) is 6. The Morgan fingerprint density at radius 2 is 2.06 bits per heavy atom. The van der Waals surface area contributed by atoms with Crippen LogP contribution in [0.5, 0.6) is 11.5 Å². The molecule has 0 aliphatic carbocycles. The van der Waals surface area contributed by atoms with Gasteiger partial charge in [-0.05, 0) is 29.8 Å². The van der Waals surface area contributed by atoms with Crippen LogP contribution in [0, 0.1) is 0 Å². The van der Waals surface area contributed by atoms with Crippen molar-refractivity contribution in [3.63, 3.8) is 0 Å². The first-order valence-corrected chi connectivity index (χ1v) is 9.75. The molecule has 3 heterocycles. The van der Waals surface area contributed by atoms with Crippen molar-refractivity contribution < 1.29 is 31.9 Å². The predicted molar refractivity (Wildman–Crippen MR) is 108 cm³/mol. The zero-order chi connectivity index (χ0) is 22.9. The summed E-state index contributed by atoms with van der Waals surface area (Å²) in [5.41, 5.74) is 0.572. The Kier molecular flexibility index (Phi) is 5.72. The van der Waals surface area contributed by atoms with Crippen molar-refractivity contribution in [1.29, 1.82) is 0 Å². The minimum atomic E-state index is -4.56. The first-order chi connectivity index (χ1) is 15.3. The summed E-state index contributed by atoms with van der Waals surface area (Å²) >= 11 is 0. The van der Waals surface area contributed by atoms with Gasteiger partial charge in [0.05, 0.1) is 39.3 Å². The van der Waals surface area contributed by atoms with E-state index in [4.69, 9.17) is 13.9 Å². The number of halogens is 3. The van der Waals surface area contributed by atoms with Crippen LogP contribution in [0.25, 0.3) is 0 Å². The molecular weight excluding hydrogens is 429 g/mol. The summed E-state index contributed by atoms with van der Waals surface area (Å²) in [4.78, 5) is 12.7. The molecule has 0 spiro atoms. The Hall–Kier alpha value is -3.63. The molecule has 4 rings (SSSR count). The molecule has 11 heteroatoms. The molecule has 1 aliphatic heterocycles. The number of nitrogens with one attached hydrogen (secondary N) is 2. The summed E-state index contributed by atoms with van der Waals surface area (Å²) in [7, 11) is 2.92. The molecule has 0 radical (unpaired) electrons. The van der Waals surface area contributed by atoms with Crippen LogP contribution < -0.4 is 20.1 Å². The smallest absolute Gasteiger partial charge is 0.410 e.